The molecule has 5 nitrogen and oxygen atoms in total. The molecule has 0 aliphatic carbocycles. The zero-order chi connectivity index (χ0) is 14.7. The number of hydrogen-bond acceptors (Lipinski definition) is 4. The van der Waals surface area contributed by atoms with Crippen LogP contribution in [0.4, 0.5) is 5.69 Å². The van der Waals surface area contributed by atoms with Gasteiger partial charge >= 0.3 is 0 Å². The molecule has 0 aromatic carbocycles. The summed E-state index contributed by atoms with van der Waals surface area (Å²) < 4.78 is 0. The molecule has 0 fully saturated rings. The molecule has 0 unspecified atom stereocenters. The van der Waals surface area contributed by atoms with Gasteiger partial charge in [-0.25, -0.2) is 0 Å². The lowest BCUT2D eigenvalue weighted by Crippen LogP contribution is -2.35. The number of rotatable bonds is 4. The van der Waals surface area contributed by atoms with Gasteiger partial charge in [-0.05, 0) is 19.9 Å². The number of nitrogens with zero attached hydrogens (tertiary/aromatic N) is 3. The van der Waals surface area contributed by atoms with Crippen molar-refractivity contribution in [2.45, 2.75) is 13.8 Å². The summed E-state index contributed by atoms with van der Waals surface area (Å²) in [5, 5.41) is 0. The Morgan fingerprint density at radius 1 is 1.37 bits per heavy atom. The second kappa shape index (κ2) is 5.97. The number of thiocarbonyl (C=S) groups is 1. The fourth-order valence-electron chi connectivity index (χ4n) is 1.84. The summed E-state index contributed by atoms with van der Waals surface area (Å²) in [5.74, 6) is 0.0171. The van der Waals surface area contributed by atoms with E-state index in [0.29, 0.717) is 4.99 Å². The molecule has 0 bridgehead atoms. The van der Waals surface area contributed by atoms with E-state index in [4.69, 9.17) is 18.0 Å². The van der Waals surface area contributed by atoms with Crippen molar-refractivity contribution < 1.29 is 4.79 Å². The summed E-state index contributed by atoms with van der Waals surface area (Å²) in [6.45, 7) is 4.04. The SMILES string of the molecule is Cc1cc(N(C)CC(=O)N(C)C)c(C(N)=S)c(C)n1. The van der Waals surface area contributed by atoms with E-state index < -0.39 is 0 Å². The molecule has 1 rings (SSSR count). The average molecular weight is 280 g/mol. The third-order valence-corrected chi connectivity index (χ3v) is 3.04. The Labute approximate surface area is 119 Å². The summed E-state index contributed by atoms with van der Waals surface area (Å²) in [4.78, 5) is 19.8. The second-order valence-electron chi connectivity index (χ2n) is 4.75. The molecule has 1 aromatic rings. The minimum Gasteiger partial charge on any atom is -0.389 e. The predicted octanol–water partition coefficient (Wildman–Crippen LogP) is 0.857. The summed E-state index contributed by atoms with van der Waals surface area (Å²) in [5.41, 5.74) is 8.99. The lowest BCUT2D eigenvalue weighted by atomic mass is 10.1. The van der Waals surface area contributed by atoms with Gasteiger partial charge < -0.3 is 15.5 Å². The van der Waals surface area contributed by atoms with Gasteiger partial charge in [0.2, 0.25) is 5.91 Å². The van der Waals surface area contributed by atoms with Crippen LogP contribution in [-0.2, 0) is 4.79 Å². The van der Waals surface area contributed by atoms with Gasteiger partial charge in [0.1, 0.15) is 4.99 Å². The topological polar surface area (TPSA) is 62.5 Å². The fraction of sp³-hybridized carbons (Fsp3) is 0.462. The molecule has 0 spiro atoms. The van der Waals surface area contributed by atoms with Crippen molar-refractivity contribution >= 4 is 28.8 Å². The van der Waals surface area contributed by atoms with Crippen LogP contribution in [0.5, 0.6) is 0 Å². The van der Waals surface area contributed by atoms with Crippen molar-refractivity contribution in [1.29, 1.82) is 0 Å². The number of hydrogen-bond donors (Lipinski definition) is 1. The van der Waals surface area contributed by atoms with E-state index in [0.717, 1.165) is 22.6 Å². The van der Waals surface area contributed by atoms with E-state index in [1.54, 1.807) is 19.0 Å². The molecule has 104 valence electrons. The van der Waals surface area contributed by atoms with Crippen LogP contribution in [0.3, 0.4) is 0 Å². The molecule has 1 aromatic heterocycles. The molecule has 0 atom stereocenters. The Morgan fingerprint density at radius 3 is 2.42 bits per heavy atom. The number of pyridine rings is 1. The number of aromatic nitrogens is 1. The highest BCUT2D eigenvalue weighted by Gasteiger charge is 2.17. The third kappa shape index (κ3) is 3.64. The first-order valence-electron chi connectivity index (χ1n) is 5.93. The molecule has 19 heavy (non-hydrogen) atoms. The Hall–Kier alpha value is -1.69. The van der Waals surface area contributed by atoms with Gasteiger partial charge in [0.15, 0.2) is 0 Å². The Kier molecular flexibility index (Phi) is 4.83. The van der Waals surface area contributed by atoms with Gasteiger partial charge in [-0.15, -0.1) is 0 Å². The van der Waals surface area contributed by atoms with Crippen LogP contribution < -0.4 is 10.6 Å². The number of anilines is 1. The van der Waals surface area contributed by atoms with Gasteiger partial charge in [-0.1, -0.05) is 12.2 Å². The first-order chi connectivity index (χ1) is 8.73. The first kappa shape index (κ1) is 15.4. The number of amides is 1. The average Bonchev–Trinajstić information content (AvgIpc) is 2.26. The number of carbonyl (C=O) groups is 1. The summed E-state index contributed by atoms with van der Waals surface area (Å²) >= 11 is 5.08. The largest absolute Gasteiger partial charge is 0.389 e. The Balaban J connectivity index is 3.18. The molecular weight excluding hydrogens is 260 g/mol. The maximum Gasteiger partial charge on any atom is 0.241 e. The minimum absolute atomic E-state index is 0.0171. The highest BCUT2D eigenvalue weighted by Crippen LogP contribution is 2.23. The van der Waals surface area contributed by atoms with Crippen LogP contribution in [0.1, 0.15) is 17.0 Å². The van der Waals surface area contributed by atoms with E-state index in [1.165, 1.54) is 0 Å². The van der Waals surface area contributed by atoms with Gasteiger partial charge in [-0.3, -0.25) is 9.78 Å². The predicted molar refractivity (Wildman–Crippen MR) is 81.6 cm³/mol. The zero-order valence-electron chi connectivity index (χ0n) is 12.0. The van der Waals surface area contributed by atoms with Crippen LogP contribution in [0.25, 0.3) is 0 Å². The number of aryl methyl sites for hydroxylation is 2. The minimum atomic E-state index is 0.0171. The summed E-state index contributed by atoms with van der Waals surface area (Å²) in [6.07, 6.45) is 0. The first-order valence-corrected chi connectivity index (χ1v) is 6.34. The second-order valence-corrected chi connectivity index (χ2v) is 5.19. The van der Waals surface area contributed by atoms with E-state index in [-0.39, 0.29) is 12.5 Å². The fourth-order valence-corrected chi connectivity index (χ4v) is 2.10. The molecule has 1 heterocycles. The molecule has 0 aliphatic rings. The smallest absolute Gasteiger partial charge is 0.241 e. The molecule has 1 amide bonds. The number of carbonyl (C=O) groups excluding carboxylic acids is 1. The van der Waals surface area contributed by atoms with Gasteiger partial charge in [0, 0.05) is 32.5 Å². The lowest BCUT2D eigenvalue weighted by molar-refractivity contribution is -0.127. The molecule has 0 radical (unpaired) electrons. The normalized spacial score (nSPS) is 10.2. The number of likely N-dealkylation sites (N-methyl/N-ethyl adjacent to an activating group) is 2. The van der Waals surface area contributed by atoms with E-state index >= 15 is 0 Å². The zero-order valence-corrected chi connectivity index (χ0v) is 12.8. The molecule has 0 saturated heterocycles. The molecule has 2 N–H and O–H groups in total. The van der Waals surface area contributed by atoms with Crippen LogP contribution >= 0.6 is 12.2 Å². The molecule has 0 aliphatic heterocycles. The van der Waals surface area contributed by atoms with E-state index in [9.17, 15) is 4.79 Å². The van der Waals surface area contributed by atoms with E-state index in [2.05, 4.69) is 4.98 Å². The van der Waals surface area contributed by atoms with Crippen molar-refractivity contribution in [3.8, 4) is 0 Å². The van der Waals surface area contributed by atoms with Crippen molar-refractivity contribution in [2.75, 3.05) is 32.6 Å². The maximum atomic E-state index is 11.8. The van der Waals surface area contributed by atoms with Crippen LogP contribution in [-0.4, -0.2) is 48.5 Å². The lowest BCUT2D eigenvalue weighted by Gasteiger charge is -2.24. The van der Waals surface area contributed by atoms with Gasteiger partial charge in [0.05, 0.1) is 17.8 Å². The van der Waals surface area contributed by atoms with Crippen molar-refractivity contribution in [3.63, 3.8) is 0 Å². The van der Waals surface area contributed by atoms with Crippen LogP contribution in [0.2, 0.25) is 0 Å². The molecule has 6 heteroatoms. The van der Waals surface area contributed by atoms with Gasteiger partial charge in [0.25, 0.3) is 0 Å². The summed E-state index contributed by atoms with van der Waals surface area (Å²) in [7, 11) is 5.30. The monoisotopic (exact) mass is 280 g/mol. The third-order valence-electron chi connectivity index (χ3n) is 2.84. The Bertz CT molecular complexity index is 514. The highest BCUT2D eigenvalue weighted by molar-refractivity contribution is 7.80. The highest BCUT2D eigenvalue weighted by atomic mass is 32.1. The standard InChI is InChI=1S/C13H20N4OS/c1-8-6-10(12(13(14)19)9(2)15-8)17(5)7-11(18)16(3)4/h6H,7H2,1-5H3,(H2,14,19). The quantitative estimate of drug-likeness (QED) is 0.829. The van der Waals surface area contributed by atoms with Crippen LogP contribution in [0, 0.1) is 13.8 Å². The van der Waals surface area contributed by atoms with Crippen LogP contribution in [0.15, 0.2) is 6.07 Å². The van der Waals surface area contributed by atoms with E-state index in [1.807, 2.05) is 31.9 Å². The maximum absolute atomic E-state index is 11.8. The van der Waals surface area contributed by atoms with Crippen molar-refractivity contribution in [3.05, 3.63) is 23.0 Å². The molecular formula is C13H20N4OS. The van der Waals surface area contributed by atoms with Gasteiger partial charge in [-0.2, -0.15) is 0 Å². The Morgan fingerprint density at radius 2 is 1.95 bits per heavy atom. The molecule has 0 saturated carbocycles. The van der Waals surface area contributed by atoms with Crippen molar-refractivity contribution in [1.82, 2.24) is 9.88 Å². The number of nitrogens with two attached hydrogens (primary N) is 1. The van der Waals surface area contributed by atoms with Crippen molar-refractivity contribution in [2.24, 2.45) is 5.73 Å². The summed E-state index contributed by atoms with van der Waals surface area (Å²) in [6, 6.07) is 1.89.